The summed E-state index contributed by atoms with van der Waals surface area (Å²) in [5.41, 5.74) is 2.34. The molecule has 1 amide bonds. The first kappa shape index (κ1) is 21.9. The number of methoxy groups -OCH3 is 1. The number of hydrogen-bond acceptors (Lipinski definition) is 4. The Hall–Kier alpha value is -2.80. The number of amides is 1. The lowest BCUT2D eigenvalue weighted by Crippen LogP contribution is -2.34. The number of rotatable bonds is 9. The van der Waals surface area contributed by atoms with Crippen molar-refractivity contribution in [2.24, 2.45) is 0 Å². The number of carbonyl (C=O) groups is 1. The van der Waals surface area contributed by atoms with Crippen LogP contribution in [0.15, 0.2) is 36.4 Å². The number of imidazole rings is 1. The minimum Gasteiger partial charge on any atom is -0.494 e. The summed E-state index contributed by atoms with van der Waals surface area (Å²) in [7, 11) is 1.43. The fraction of sp³-hybridized carbons (Fsp3) is 0.364. The average Bonchev–Trinajstić information content (AvgIpc) is 3.05. The van der Waals surface area contributed by atoms with E-state index in [0.717, 1.165) is 17.5 Å². The molecule has 30 heavy (non-hydrogen) atoms. The first-order chi connectivity index (χ1) is 14.4. The Bertz CT molecular complexity index is 1040. The normalized spacial score (nSPS) is 12.0. The van der Waals surface area contributed by atoms with Crippen LogP contribution in [-0.4, -0.2) is 41.1 Å². The van der Waals surface area contributed by atoms with Crippen LogP contribution in [0.3, 0.4) is 0 Å². The molecule has 0 saturated carbocycles. The van der Waals surface area contributed by atoms with E-state index in [9.17, 15) is 9.18 Å². The van der Waals surface area contributed by atoms with Crippen LogP contribution in [0.2, 0.25) is 0 Å². The molecule has 0 radical (unpaired) electrons. The molecule has 8 heteroatoms. The van der Waals surface area contributed by atoms with Crippen molar-refractivity contribution < 1.29 is 18.7 Å². The molecule has 1 atom stereocenters. The average molecular weight is 434 g/mol. The third kappa shape index (κ3) is 5.02. The molecule has 0 fully saturated rings. The molecule has 3 aromatic rings. The number of alkyl halides is 1. The van der Waals surface area contributed by atoms with Crippen molar-refractivity contribution in [1.82, 2.24) is 14.9 Å². The van der Waals surface area contributed by atoms with Gasteiger partial charge in [0.2, 0.25) is 5.91 Å². The smallest absolute Gasteiger partial charge is 0.217 e. The zero-order valence-corrected chi connectivity index (χ0v) is 18.0. The Morgan fingerprint density at radius 3 is 2.80 bits per heavy atom. The molecule has 0 aliphatic carbocycles. The van der Waals surface area contributed by atoms with Gasteiger partial charge in [0, 0.05) is 37.0 Å². The van der Waals surface area contributed by atoms with Crippen LogP contribution < -0.4 is 14.8 Å². The van der Waals surface area contributed by atoms with Gasteiger partial charge >= 0.3 is 0 Å². The summed E-state index contributed by atoms with van der Waals surface area (Å²) in [6, 6.07) is 10.2. The maximum absolute atomic E-state index is 13.9. The molecule has 160 valence electrons. The van der Waals surface area contributed by atoms with Crippen molar-refractivity contribution in [3.05, 3.63) is 42.2 Å². The van der Waals surface area contributed by atoms with Gasteiger partial charge in [0.1, 0.15) is 11.6 Å². The van der Waals surface area contributed by atoms with E-state index in [0.29, 0.717) is 36.2 Å². The van der Waals surface area contributed by atoms with Crippen LogP contribution in [0.4, 0.5) is 4.39 Å². The van der Waals surface area contributed by atoms with E-state index >= 15 is 0 Å². The van der Waals surface area contributed by atoms with Crippen molar-refractivity contribution in [1.29, 1.82) is 0 Å². The van der Waals surface area contributed by atoms with Gasteiger partial charge in [0.05, 0.1) is 24.8 Å². The van der Waals surface area contributed by atoms with Crippen LogP contribution in [0.5, 0.6) is 11.5 Å². The van der Waals surface area contributed by atoms with Gasteiger partial charge in [0.15, 0.2) is 11.6 Å². The summed E-state index contributed by atoms with van der Waals surface area (Å²) in [4.78, 5) is 16.2. The summed E-state index contributed by atoms with van der Waals surface area (Å²) in [6.45, 7) is 4.43. The summed E-state index contributed by atoms with van der Waals surface area (Å²) in [6.07, 6.45) is 0.753. The van der Waals surface area contributed by atoms with E-state index in [1.54, 1.807) is 12.1 Å². The molecule has 0 aliphatic heterocycles. The molecule has 1 aromatic heterocycles. The van der Waals surface area contributed by atoms with Gasteiger partial charge in [-0.3, -0.25) is 4.79 Å². The van der Waals surface area contributed by atoms with Gasteiger partial charge in [-0.25, -0.2) is 9.37 Å². The number of aromatic nitrogens is 2. The highest BCUT2D eigenvalue weighted by Gasteiger charge is 2.17. The molecule has 6 nitrogen and oxygen atoms in total. The number of halogens is 2. The Morgan fingerprint density at radius 2 is 2.10 bits per heavy atom. The van der Waals surface area contributed by atoms with E-state index in [4.69, 9.17) is 26.1 Å². The van der Waals surface area contributed by atoms with Gasteiger partial charge in [0.25, 0.3) is 0 Å². The van der Waals surface area contributed by atoms with Gasteiger partial charge in [-0.05, 0) is 43.7 Å². The minimum absolute atomic E-state index is 0.105. The summed E-state index contributed by atoms with van der Waals surface area (Å²) >= 11 is 5.71. The Balaban J connectivity index is 2.06. The number of hydrogen-bond donors (Lipinski definition) is 1. The van der Waals surface area contributed by atoms with Crippen molar-refractivity contribution in [2.75, 3.05) is 19.6 Å². The fourth-order valence-electron chi connectivity index (χ4n) is 3.31. The van der Waals surface area contributed by atoms with E-state index in [1.165, 1.54) is 20.1 Å². The molecule has 3 rings (SSSR count). The van der Waals surface area contributed by atoms with Crippen molar-refractivity contribution in [3.8, 4) is 22.9 Å². The van der Waals surface area contributed by atoms with E-state index in [1.807, 2.05) is 29.7 Å². The zero-order valence-electron chi connectivity index (χ0n) is 17.2. The molecule has 1 unspecified atom stereocenters. The Morgan fingerprint density at radius 1 is 1.30 bits per heavy atom. The third-order valence-electron chi connectivity index (χ3n) is 4.58. The fourth-order valence-corrected chi connectivity index (χ4v) is 3.42. The summed E-state index contributed by atoms with van der Waals surface area (Å²) in [5, 5.41) is 2.89. The monoisotopic (exact) mass is 433 g/mol. The standard InChI is InChI=1S/C22H25ClFN3O3/c1-14(25-15(2)28)13-27-20-8-6-17(30-10-4-9-23)12-19(20)26-22(27)16-5-7-18(24)21(11-16)29-3/h5-8,11-12,14H,4,9-10,13H2,1-3H3,(H,25,28). The quantitative estimate of drug-likeness (QED) is 0.401. The van der Waals surface area contributed by atoms with Crippen LogP contribution in [0, 0.1) is 5.82 Å². The highest BCUT2D eigenvalue weighted by atomic mass is 35.5. The van der Waals surface area contributed by atoms with Crippen molar-refractivity contribution in [3.63, 3.8) is 0 Å². The highest BCUT2D eigenvalue weighted by molar-refractivity contribution is 6.17. The second kappa shape index (κ2) is 9.80. The lowest BCUT2D eigenvalue weighted by atomic mass is 10.2. The van der Waals surface area contributed by atoms with Gasteiger partial charge in [-0.15, -0.1) is 11.6 Å². The Labute approximate surface area is 180 Å². The molecule has 2 aromatic carbocycles. The van der Waals surface area contributed by atoms with Crippen LogP contribution in [0.1, 0.15) is 20.3 Å². The largest absolute Gasteiger partial charge is 0.494 e. The second-order valence-corrected chi connectivity index (χ2v) is 7.42. The number of ether oxygens (including phenoxy) is 2. The predicted molar refractivity (Wildman–Crippen MR) is 116 cm³/mol. The molecule has 0 spiro atoms. The molecule has 1 N–H and O–H groups in total. The molecule has 1 heterocycles. The molecular formula is C22H25ClFN3O3. The maximum Gasteiger partial charge on any atom is 0.217 e. The van der Waals surface area contributed by atoms with Crippen LogP contribution >= 0.6 is 11.6 Å². The molecule has 0 saturated heterocycles. The summed E-state index contributed by atoms with van der Waals surface area (Å²) < 4.78 is 26.8. The van der Waals surface area contributed by atoms with E-state index in [-0.39, 0.29) is 17.7 Å². The minimum atomic E-state index is -0.439. The third-order valence-corrected chi connectivity index (χ3v) is 4.85. The number of nitrogens with zero attached hydrogens (tertiary/aromatic N) is 2. The van der Waals surface area contributed by atoms with E-state index < -0.39 is 5.82 Å². The number of benzene rings is 2. The lowest BCUT2D eigenvalue weighted by Gasteiger charge is -2.16. The highest BCUT2D eigenvalue weighted by Crippen LogP contribution is 2.31. The number of fused-ring (bicyclic) bond motifs is 1. The van der Waals surface area contributed by atoms with E-state index in [2.05, 4.69) is 5.32 Å². The lowest BCUT2D eigenvalue weighted by molar-refractivity contribution is -0.119. The summed E-state index contributed by atoms with van der Waals surface area (Å²) in [5.74, 6) is 1.49. The van der Waals surface area contributed by atoms with Crippen molar-refractivity contribution in [2.45, 2.75) is 32.9 Å². The molecule has 0 bridgehead atoms. The first-order valence-corrected chi connectivity index (χ1v) is 10.3. The maximum atomic E-state index is 13.9. The van der Waals surface area contributed by atoms with Gasteiger partial charge in [-0.1, -0.05) is 0 Å². The number of nitrogens with one attached hydrogen (secondary N) is 1. The Kier molecular flexibility index (Phi) is 7.15. The van der Waals surface area contributed by atoms with Crippen LogP contribution in [-0.2, 0) is 11.3 Å². The second-order valence-electron chi connectivity index (χ2n) is 7.04. The van der Waals surface area contributed by atoms with Crippen molar-refractivity contribution >= 4 is 28.5 Å². The first-order valence-electron chi connectivity index (χ1n) is 9.73. The SMILES string of the molecule is COc1cc(-c2nc3cc(OCCCCl)ccc3n2CC(C)NC(C)=O)ccc1F. The topological polar surface area (TPSA) is 65.4 Å². The van der Waals surface area contributed by atoms with Crippen LogP contribution in [0.25, 0.3) is 22.4 Å². The zero-order chi connectivity index (χ0) is 21.7. The predicted octanol–water partition coefficient (Wildman–Crippen LogP) is 4.38. The molecule has 0 aliphatic rings. The number of carbonyl (C=O) groups excluding carboxylic acids is 1. The van der Waals surface area contributed by atoms with Gasteiger partial charge in [-0.2, -0.15) is 0 Å². The molecular weight excluding hydrogens is 409 g/mol. The van der Waals surface area contributed by atoms with Gasteiger partial charge < -0.3 is 19.4 Å².